The Bertz CT molecular complexity index is 1130. The number of fused-ring (bicyclic) bond motifs is 1. The summed E-state index contributed by atoms with van der Waals surface area (Å²) in [6.45, 7) is 0. The van der Waals surface area contributed by atoms with Crippen LogP contribution in [-0.2, 0) is 4.79 Å². The number of benzene rings is 2. The summed E-state index contributed by atoms with van der Waals surface area (Å²) in [6, 6.07) is 16.9. The van der Waals surface area contributed by atoms with Gasteiger partial charge in [0.25, 0.3) is 0 Å². The Hall–Kier alpha value is -2.78. The molecule has 0 fully saturated rings. The molecule has 2 aromatic heterocycles. The molecule has 0 radical (unpaired) electrons. The molecule has 1 N–H and O–H groups in total. The molecule has 0 spiro atoms. The molecule has 0 saturated carbocycles. The minimum absolute atomic E-state index is 0.128. The molecule has 0 bridgehead atoms. The van der Waals surface area contributed by atoms with Crippen molar-refractivity contribution in [2.45, 2.75) is 5.03 Å². The van der Waals surface area contributed by atoms with Crippen molar-refractivity contribution in [3.63, 3.8) is 0 Å². The minimum Gasteiger partial charge on any atom is -0.325 e. The van der Waals surface area contributed by atoms with E-state index < -0.39 is 0 Å². The molecule has 4 aromatic rings. The molecule has 1 amide bonds. The lowest BCUT2D eigenvalue weighted by atomic mass is 10.2. The molecule has 6 nitrogen and oxygen atoms in total. The first-order valence-electron chi connectivity index (χ1n) is 8.25. The van der Waals surface area contributed by atoms with Gasteiger partial charge in [-0.3, -0.25) is 4.79 Å². The maximum absolute atomic E-state index is 13.2. The van der Waals surface area contributed by atoms with Crippen LogP contribution in [0.4, 0.5) is 10.1 Å². The topological polar surface area (TPSA) is 72.2 Å². The van der Waals surface area contributed by atoms with Crippen molar-refractivity contribution in [2.24, 2.45) is 0 Å². The number of rotatable bonds is 5. The minimum atomic E-state index is -0.321. The summed E-state index contributed by atoms with van der Waals surface area (Å²) in [4.78, 5) is 12.2. The zero-order chi connectivity index (χ0) is 19.5. The van der Waals surface area contributed by atoms with Crippen LogP contribution in [-0.4, -0.2) is 31.5 Å². The van der Waals surface area contributed by atoms with Crippen LogP contribution in [0.3, 0.4) is 0 Å². The van der Waals surface area contributed by atoms with Crippen LogP contribution in [0, 0.1) is 5.82 Å². The summed E-state index contributed by atoms with van der Waals surface area (Å²) in [5, 5.41) is 16.2. The van der Waals surface area contributed by atoms with Gasteiger partial charge in [-0.05, 0) is 60.7 Å². The first kappa shape index (κ1) is 18.6. The van der Waals surface area contributed by atoms with E-state index in [1.54, 1.807) is 28.8 Å². The van der Waals surface area contributed by atoms with E-state index in [1.807, 2.05) is 24.3 Å². The van der Waals surface area contributed by atoms with Crippen LogP contribution in [0.15, 0.2) is 70.2 Å². The van der Waals surface area contributed by atoms with Gasteiger partial charge in [0.05, 0.1) is 5.75 Å². The Kier molecular flexibility index (Phi) is 5.36. The van der Waals surface area contributed by atoms with Crippen molar-refractivity contribution in [3.05, 3.63) is 71.0 Å². The summed E-state index contributed by atoms with van der Waals surface area (Å²) < 4.78 is 15.7. The van der Waals surface area contributed by atoms with Crippen molar-refractivity contribution in [1.29, 1.82) is 0 Å². The van der Waals surface area contributed by atoms with Gasteiger partial charge in [0.1, 0.15) is 10.8 Å². The zero-order valence-electron chi connectivity index (χ0n) is 14.3. The van der Waals surface area contributed by atoms with Crippen LogP contribution < -0.4 is 5.32 Å². The van der Waals surface area contributed by atoms with E-state index in [-0.39, 0.29) is 17.5 Å². The third kappa shape index (κ3) is 4.20. The van der Waals surface area contributed by atoms with Gasteiger partial charge in [0, 0.05) is 15.7 Å². The largest absolute Gasteiger partial charge is 0.325 e. The van der Waals surface area contributed by atoms with E-state index in [2.05, 4.69) is 36.5 Å². The Morgan fingerprint density at radius 2 is 1.79 bits per heavy atom. The molecule has 0 atom stereocenters. The molecule has 140 valence electrons. The normalized spacial score (nSPS) is 10.9. The number of thioether (sulfide) groups is 1. The van der Waals surface area contributed by atoms with Crippen LogP contribution >= 0.6 is 27.7 Å². The van der Waals surface area contributed by atoms with Crippen molar-refractivity contribution >= 4 is 44.9 Å². The quantitative estimate of drug-likeness (QED) is 0.449. The van der Waals surface area contributed by atoms with Gasteiger partial charge >= 0.3 is 0 Å². The Morgan fingerprint density at radius 3 is 2.54 bits per heavy atom. The summed E-state index contributed by atoms with van der Waals surface area (Å²) >= 11 is 4.67. The number of nitrogens with zero attached hydrogens (tertiary/aromatic N) is 4. The summed E-state index contributed by atoms with van der Waals surface area (Å²) in [5.41, 5.74) is 2.01. The average molecular weight is 458 g/mol. The van der Waals surface area contributed by atoms with Crippen molar-refractivity contribution in [3.8, 4) is 11.4 Å². The fourth-order valence-corrected chi connectivity index (χ4v) is 3.42. The molecule has 4 rings (SSSR count). The van der Waals surface area contributed by atoms with Gasteiger partial charge in [0.2, 0.25) is 5.91 Å². The first-order chi connectivity index (χ1) is 13.6. The van der Waals surface area contributed by atoms with Crippen molar-refractivity contribution < 1.29 is 9.18 Å². The highest BCUT2D eigenvalue weighted by molar-refractivity contribution is 9.10. The number of halogens is 2. The SMILES string of the molecule is O=C(CSc1ccc2nnc(-c3ccc(F)cc3)n2n1)Nc1ccc(Br)cc1. The van der Waals surface area contributed by atoms with Crippen LogP contribution in [0.1, 0.15) is 0 Å². The Labute approximate surface area is 172 Å². The second-order valence-electron chi connectivity index (χ2n) is 5.82. The summed E-state index contributed by atoms with van der Waals surface area (Å²) in [6.07, 6.45) is 0. The van der Waals surface area contributed by atoms with Gasteiger partial charge in [-0.1, -0.05) is 27.7 Å². The number of nitrogens with one attached hydrogen (secondary N) is 1. The maximum Gasteiger partial charge on any atom is 0.234 e. The molecule has 0 saturated heterocycles. The number of aromatic nitrogens is 4. The fraction of sp³-hybridized carbons (Fsp3) is 0.0526. The van der Waals surface area contributed by atoms with Gasteiger partial charge in [0.15, 0.2) is 11.5 Å². The molecular weight excluding hydrogens is 445 g/mol. The van der Waals surface area contributed by atoms with E-state index in [1.165, 1.54) is 23.9 Å². The van der Waals surface area contributed by atoms with E-state index >= 15 is 0 Å². The molecule has 0 aliphatic rings. The molecule has 0 unspecified atom stereocenters. The highest BCUT2D eigenvalue weighted by Gasteiger charge is 2.11. The lowest BCUT2D eigenvalue weighted by molar-refractivity contribution is -0.113. The van der Waals surface area contributed by atoms with Crippen LogP contribution in [0.5, 0.6) is 0 Å². The molecule has 9 heteroatoms. The molecule has 0 aliphatic heterocycles. The lowest BCUT2D eigenvalue weighted by Crippen LogP contribution is -2.14. The second-order valence-corrected chi connectivity index (χ2v) is 7.73. The number of carbonyl (C=O) groups excluding carboxylic acids is 1. The van der Waals surface area contributed by atoms with Gasteiger partial charge in [-0.25, -0.2) is 4.39 Å². The van der Waals surface area contributed by atoms with Gasteiger partial charge in [-0.15, -0.1) is 10.2 Å². The Balaban J connectivity index is 1.48. The standard InChI is InChI=1S/C19H13BrFN5OS/c20-13-3-7-15(8-4-13)22-17(27)11-28-18-10-9-16-23-24-19(26(16)25-18)12-1-5-14(21)6-2-12/h1-10H,11H2,(H,22,27). The molecule has 28 heavy (non-hydrogen) atoms. The number of amides is 1. The van der Waals surface area contributed by atoms with Gasteiger partial charge in [-0.2, -0.15) is 9.61 Å². The third-order valence-corrected chi connectivity index (χ3v) is 5.27. The van der Waals surface area contributed by atoms with Crippen LogP contribution in [0.2, 0.25) is 0 Å². The smallest absolute Gasteiger partial charge is 0.234 e. The average Bonchev–Trinajstić information content (AvgIpc) is 3.12. The number of anilines is 1. The highest BCUT2D eigenvalue weighted by atomic mass is 79.9. The summed E-state index contributed by atoms with van der Waals surface area (Å²) in [7, 11) is 0. The first-order valence-corrected chi connectivity index (χ1v) is 10.0. The second kappa shape index (κ2) is 8.07. The number of hydrogen-bond donors (Lipinski definition) is 1. The highest BCUT2D eigenvalue weighted by Crippen LogP contribution is 2.21. The monoisotopic (exact) mass is 457 g/mol. The Morgan fingerprint density at radius 1 is 1.04 bits per heavy atom. The molecule has 2 aromatic carbocycles. The molecular formula is C19H13BrFN5OS. The van der Waals surface area contributed by atoms with E-state index in [9.17, 15) is 9.18 Å². The fourth-order valence-electron chi connectivity index (χ4n) is 2.50. The third-order valence-electron chi connectivity index (χ3n) is 3.82. The van der Waals surface area contributed by atoms with E-state index in [0.717, 1.165) is 10.2 Å². The van der Waals surface area contributed by atoms with E-state index in [0.29, 0.717) is 22.1 Å². The predicted octanol–water partition coefficient (Wildman–Crippen LogP) is 4.42. The molecule has 2 heterocycles. The van der Waals surface area contributed by atoms with Gasteiger partial charge < -0.3 is 5.32 Å². The van der Waals surface area contributed by atoms with Crippen molar-refractivity contribution in [1.82, 2.24) is 19.8 Å². The van der Waals surface area contributed by atoms with E-state index in [4.69, 9.17) is 0 Å². The summed E-state index contributed by atoms with van der Waals surface area (Å²) in [5.74, 6) is 0.273. The molecule has 0 aliphatic carbocycles. The van der Waals surface area contributed by atoms with Crippen LogP contribution in [0.25, 0.3) is 17.0 Å². The zero-order valence-corrected chi connectivity index (χ0v) is 16.7. The van der Waals surface area contributed by atoms with Crippen molar-refractivity contribution in [2.75, 3.05) is 11.1 Å². The maximum atomic E-state index is 13.2. The number of carbonyl (C=O) groups is 1. The number of hydrogen-bond acceptors (Lipinski definition) is 5. The lowest BCUT2D eigenvalue weighted by Gasteiger charge is -2.05. The predicted molar refractivity (Wildman–Crippen MR) is 110 cm³/mol.